The largest absolute Gasteiger partial charge is 0.394 e. The summed E-state index contributed by atoms with van der Waals surface area (Å²) in [5.74, 6) is 0.126. The van der Waals surface area contributed by atoms with Gasteiger partial charge in [0.15, 0.2) is 23.2 Å². The second kappa shape index (κ2) is 7.95. The lowest BCUT2D eigenvalue weighted by atomic mass is 10.1. The van der Waals surface area contributed by atoms with E-state index in [1.54, 1.807) is 43.3 Å². The van der Waals surface area contributed by atoms with Crippen LogP contribution in [-0.2, 0) is 4.74 Å². The van der Waals surface area contributed by atoms with Crippen LogP contribution in [0.15, 0.2) is 36.7 Å². The number of carbonyl (C=O) groups is 1. The molecule has 0 radical (unpaired) electrons. The fourth-order valence-corrected chi connectivity index (χ4v) is 3.33. The molecular formula is C19H22N6O5. The van der Waals surface area contributed by atoms with E-state index < -0.39 is 31.1 Å². The Kier molecular flexibility index (Phi) is 5.35. The number of benzene rings is 1. The maximum atomic E-state index is 12.5. The third-order valence-corrected chi connectivity index (χ3v) is 4.88. The number of hydrogen-bond donors (Lipinski definition) is 4. The molecule has 1 aromatic carbocycles. The number of fused-ring (bicyclic) bond motifs is 1. The van der Waals surface area contributed by atoms with Crippen LogP contribution in [0.5, 0.6) is 0 Å². The number of ether oxygens (including phenoxy) is 1. The summed E-state index contributed by atoms with van der Waals surface area (Å²) >= 11 is 0. The number of nitrogens with zero attached hydrogens (tertiary/aromatic N) is 5. The minimum Gasteiger partial charge on any atom is -0.394 e. The molecule has 1 aliphatic rings. The minimum atomic E-state index is -1.29. The summed E-state index contributed by atoms with van der Waals surface area (Å²) < 4.78 is 7.04. The normalized spacial score (nSPS) is 23.6. The molecule has 1 amide bonds. The Morgan fingerprint density at radius 1 is 1.20 bits per heavy atom. The number of rotatable bonds is 5. The predicted octanol–water partition coefficient (Wildman–Crippen LogP) is -0.244. The van der Waals surface area contributed by atoms with Crippen LogP contribution in [-0.4, -0.2) is 79.8 Å². The van der Waals surface area contributed by atoms with Crippen LogP contribution < -0.4 is 10.2 Å². The number of nitrogens with one attached hydrogen (secondary N) is 1. The van der Waals surface area contributed by atoms with Crippen LogP contribution >= 0.6 is 0 Å². The molecule has 4 N–H and O–H groups in total. The van der Waals surface area contributed by atoms with Crippen molar-refractivity contribution >= 4 is 28.8 Å². The zero-order valence-electron chi connectivity index (χ0n) is 16.4. The highest BCUT2D eigenvalue weighted by Crippen LogP contribution is 2.33. The smallest absolute Gasteiger partial charge is 0.258 e. The van der Waals surface area contributed by atoms with Crippen LogP contribution in [0.2, 0.25) is 0 Å². The van der Waals surface area contributed by atoms with Gasteiger partial charge in [0.2, 0.25) is 5.95 Å². The summed E-state index contributed by atoms with van der Waals surface area (Å²) in [6.07, 6.45) is -3.08. The lowest BCUT2D eigenvalue weighted by molar-refractivity contribution is -0.0511. The second-order valence-electron chi connectivity index (χ2n) is 7.14. The number of aliphatic hydroxyl groups is 3. The van der Waals surface area contributed by atoms with Crippen molar-refractivity contribution in [1.29, 1.82) is 0 Å². The highest BCUT2D eigenvalue weighted by atomic mass is 16.6. The predicted molar refractivity (Wildman–Crippen MR) is 107 cm³/mol. The third kappa shape index (κ3) is 3.48. The number of imidazole rings is 1. The van der Waals surface area contributed by atoms with E-state index in [0.717, 1.165) is 0 Å². The molecule has 0 aliphatic carbocycles. The quantitative estimate of drug-likeness (QED) is 0.444. The van der Waals surface area contributed by atoms with Gasteiger partial charge in [-0.25, -0.2) is 4.98 Å². The van der Waals surface area contributed by atoms with Gasteiger partial charge in [-0.05, 0) is 12.1 Å². The first kappa shape index (κ1) is 20.2. The van der Waals surface area contributed by atoms with E-state index in [9.17, 15) is 20.1 Å². The maximum absolute atomic E-state index is 12.5. The number of aliphatic hydroxyl groups excluding tert-OH is 3. The lowest BCUT2D eigenvalue weighted by Crippen LogP contribution is -2.33. The molecule has 158 valence electrons. The van der Waals surface area contributed by atoms with Gasteiger partial charge in [-0.3, -0.25) is 14.7 Å². The SMILES string of the molecule is CN(C)c1nc(NC(=O)c2ccccc2)nc2c1ncn2[C@@H]1O[C@H](CO)[C@@H](O)[C@H]1O. The van der Waals surface area contributed by atoms with Gasteiger partial charge in [0.05, 0.1) is 12.9 Å². The Morgan fingerprint density at radius 2 is 1.93 bits per heavy atom. The van der Waals surface area contributed by atoms with E-state index in [0.29, 0.717) is 22.5 Å². The van der Waals surface area contributed by atoms with Crippen molar-refractivity contribution in [1.82, 2.24) is 19.5 Å². The molecule has 4 rings (SSSR count). The van der Waals surface area contributed by atoms with Crippen LogP contribution in [0.3, 0.4) is 0 Å². The van der Waals surface area contributed by atoms with Crippen molar-refractivity contribution in [2.75, 3.05) is 30.9 Å². The Bertz CT molecular complexity index is 1060. The average molecular weight is 414 g/mol. The topological polar surface area (TPSA) is 146 Å². The molecule has 11 heteroatoms. The first-order valence-electron chi connectivity index (χ1n) is 9.31. The summed E-state index contributed by atoms with van der Waals surface area (Å²) in [6, 6.07) is 8.65. The van der Waals surface area contributed by atoms with E-state index in [4.69, 9.17) is 4.74 Å². The van der Waals surface area contributed by atoms with Crippen LogP contribution in [0, 0.1) is 0 Å². The molecule has 30 heavy (non-hydrogen) atoms. The highest BCUT2D eigenvalue weighted by Gasteiger charge is 2.44. The Balaban J connectivity index is 1.75. The molecule has 11 nitrogen and oxygen atoms in total. The summed E-state index contributed by atoms with van der Waals surface area (Å²) in [5, 5.41) is 32.5. The fraction of sp³-hybridized carbons (Fsp3) is 0.368. The van der Waals surface area contributed by atoms with Crippen molar-refractivity contribution in [2.45, 2.75) is 24.5 Å². The number of aromatic nitrogens is 4. The summed E-state index contributed by atoms with van der Waals surface area (Å²) in [5.41, 5.74) is 1.17. The molecule has 4 atom stereocenters. The lowest BCUT2D eigenvalue weighted by Gasteiger charge is -2.18. The number of hydrogen-bond acceptors (Lipinski definition) is 9. The molecule has 2 aromatic heterocycles. The van der Waals surface area contributed by atoms with E-state index in [1.165, 1.54) is 10.9 Å². The molecular weight excluding hydrogens is 392 g/mol. The Morgan fingerprint density at radius 3 is 2.57 bits per heavy atom. The molecule has 3 aromatic rings. The summed E-state index contributed by atoms with van der Waals surface area (Å²) in [7, 11) is 3.55. The zero-order valence-corrected chi connectivity index (χ0v) is 16.4. The van der Waals surface area contributed by atoms with E-state index in [1.807, 2.05) is 6.07 Å². The first-order chi connectivity index (χ1) is 14.4. The van der Waals surface area contributed by atoms with Crippen molar-refractivity contribution in [2.24, 2.45) is 0 Å². The summed E-state index contributed by atoms with van der Waals surface area (Å²) in [6.45, 7) is -0.447. The zero-order chi connectivity index (χ0) is 21.4. The van der Waals surface area contributed by atoms with Crippen LogP contribution in [0.1, 0.15) is 16.6 Å². The van der Waals surface area contributed by atoms with Gasteiger partial charge >= 0.3 is 0 Å². The van der Waals surface area contributed by atoms with Gasteiger partial charge < -0.3 is 25.0 Å². The molecule has 0 spiro atoms. The third-order valence-electron chi connectivity index (χ3n) is 4.88. The fourth-order valence-electron chi connectivity index (χ4n) is 3.33. The molecule has 0 bridgehead atoms. The highest BCUT2D eigenvalue weighted by molar-refractivity contribution is 6.03. The molecule has 0 saturated carbocycles. The minimum absolute atomic E-state index is 0.0496. The van der Waals surface area contributed by atoms with E-state index >= 15 is 0 Å². The van der Waals surface area contributed by atoms with Crippen LogP contribution in [0.4, 0.5) is 11.8 Å². The summed E-state index contributed by atoms with van der Waals surface area (Å²) in [4.78, 5) is 27.4. The number of anilines is 2. The van der Waals surface area contributed by atoms with Gasteiger partial charge in [-0.2, -0.15) is 9.97 Å². The van der Waals surface area contributed by atoms with Crippen molar-refractivity contribution in [3.63, 3.8) is 0 Å². The maximum Gasteiger partial charge on any atom is 0.258 e. The second-order valence-corrected chi connectivity index (χ2v) is 7.14. The van der Waals surface area contributed by atoms with Crippen molar-refractivity contribution < 1.29 is 24.9 Å². The molecule has 1 fully saturated rings. The van der Waals surface area contributed by atoms with Gasteiger partial charge in [-0.15, -0.1) is 0 Å². The molecule has 3 heterocycles. The van der Waals surface area contributed by atoms with Crippen molar-refractivity contribution in [3.8, 4) is 0 Å². The van der Waals surface area contributed by atoms with Gasteiger partial charge in [-0.1, -0.05) is 18.2 Å². The molecule has 1 aliphatic heterocycles. The molecule has 0 unspecified atom stereocenters. The standard InChI is InChI=1S/C19H22N6O5/c1-24(2)15-12-16(22-19(21-15)23-17(29)10-6-4-3-5-7-10)25(9-20-12)18-14(28)13(27)11(8-26)30-18/h3-7,9,11,13-14,18,26-28H,8H2,1-2H3,(H,21,22,23,29)/t11-,13-,14-,18-/m1/s1. The van der Waals surface area contributed by atoms with E-state index in [-0.39, 0.29) is 11.9 Å². The van der Waals surface area contributed by atoms with Crippen molar-refractivity contribution in [3.05, 3.63) is 42.2 Å². The Hall–Kier alpha value is -3.12. The van der Waals surface area contributed by atoms with E-state index in [2.05, 4.69) is 20.3 Å². The number of amides is 1. The van der Waals surface area contributed by atoms with Crippen LogP contribution in [0.25, 0.3) is 11.2 Å². The Labute approximate surface area is 171 Å². The molecule has 1 saturated heterocycles. The average Bonchev–Trinajstić information content (AvgIpc) is 3.29. The van der Waals surface area contributed by atoms with Gasteiger partial charge in [0, 0.05) is 19.7 Å². The number of carbonyl (C=O) groups excluding carboxylic acids is 1. The van der Waals surface area contributed by atoms with Gasteiger partial charge in [0.1, 0.15) is 18.3 Å². The first-order valence-corrected chi connectivity index (χ1v) is 9.31. The van der Waals surface area contributed by atoms with Gasteiger partial charge in [0.25, 0.3) is 5.91 Å². The monoisotopic (exact) mass is 414 g/mol.